The number of hydrogen-bond acceptors (Lipinski definition) is 7. The number of aromatic nitrogens is 3. The summed E-state index contributed by atoms with van der Waals surface area (Å²) in [6.07, 6.45) is 0. The SMILES string of the molecule is COc1ccccc1-c1nnc2n1N=C(c1ccc(C)c(NC(=O)CN)c1)CS2. The van der Waals surface area contributed by atoms with E-state index >= 15 is 0 Å². The fourth-order valence-electron chi connectivity index (χ4n) is 3.00. The van der Waals surface area contributed by atoms with Crippen LogP contribution >= 0.6 is 11.8 Å². The number of fused-ring (bicyclic) bond motifs is 1. The maximum absolute atomic E-state index is 11.7. The summed E-state index contributed by atoms with van der Waals surface area (Å²) in [5.41, 5.74) is 9.70. The van der Waals surface area contributed by atoms with E-state index in [0.29, 0.717) is 17.3 Å². The lowest BCUT2D eigenvalue weighted by Gasteiger charge is -2.16. The number of carbonyl (C=O) groups is 1. The van der Waals surface area contributed by atoms with Crippen molar-refractivity contribution >= 4 is 29.1 Å². The van der Waals surface area contributed by atoms with Gasteiger partial charge in [0.15, 0.2) is 5.82 Å². The molecule has 1 aliphatic heterocycles. The number of hydrogen-bond donors (Lipinski definition) is 2. The molecule has 2 aromatic carbocycles. The van der Waals surface area contributed by atoms with E-state index in [0.717, 1.165) is 33.2 Å². The van der Waals surface area contributed by atoms with Crippen LogP contribution in [0.5, 0.6) is 5.75 Å². The lowest BCUT2D eigenvalue weighted by molar-refractivity contribution is -0.114. The molecule has 1 aliphatic rings. The number of nitrogens with zero attached hydrogens (tertiary/aromatic N) is 4. The largest absolute Gasteiger partial charge is 0.496 e. The molecule has 4 rings (SSSR count). The van der Waals surface area contributed by atoms with Gasteiger partial charge in [0.1, 0.15) is 5.75 Å². The number of thioether (sulfide) groups is 1. The van der Waals surface area contributed by atoms with Crippen molar-refractivity contribution in [2.24, 2.45) is 10.8 Å². The van der Waals surface area contributed by atoms with Crippen LogP contribution in [0, 0.1) is 6.92 Å². The predicted octanol–water partition coefficient (Wildman–Crippen LogP) is 2.52. The molecule has 0 saturated heterocycles. The topological polar surface area (TPSA) is 107 Å². The van der Waals surface area contributed by atoms with Gasteiger partial charge < -0.3 is 15.8 Å². The second kappa shape index (κ2) is 8.06. The quantitative estimate of drug-likeness (QED) is 0.672. The number of carbonyl (C=O) groups excluding carboxylic acids is 1. The summed E-state index contributed by atoms with van der Waals surface area (Å²) in [7, 11) is 1.62. The molecule has 9 heteroatoms. The summed E-state index contributed by atoms with van der Waals surface area (Å²) in [4.78, 5) is 11.7. The molecule has 0 atom stereocenters. The van der Waals surface area contributed by atoms with Gasteiger partial charge in [0.25, 0.3) is 0 Å². The number of benzene rings is 2. The Balaban J connectivity index is 1.74. The van der Waals surface area contributed by atoms with Gasteiger partial charge in [-0.05, 0) is 30.7 Å². The fraction of sp³-hybridized carbons (Fsp3) is 0.200. The summed E-state index contributed by atoms with van der Waals surface area (Å²) in [5.74, 6) is 1.74. The molecule has 8 nitrogen and oxygen atoms in total. The van der Waals surface area contributed by atoms with Crippen molar-refractivity contribution in [3.05, 3.63) is 53.6 Å². The van der Waals surface area contributed by atoms with Crippen molar-refractivity contribution in [2.75, 3.05) is 24.7 Å². The Kier molecular flexibility index (Phi) is 5.32. The van der Waals surface area contributed by atoms with Crippen molar-refractivity contribution in [1.29, 1.82) is 0 Å². The van der Waals surface area contributed by atoms with Gasteiger partial charge >= 0.3 is 0 Å². The minimum Gasteiger partial charge on any atom is -0.496 e. The van der Waals surface area contributed by atoms with Crippen LogP contribution in [0.15, 0.2) is 52.7 Å². The Morgan fingerprint density at radius 2 is 2.10 bits per heavy atom. The van der Waals surface area contributed by atoms with E-state index in [4.69, 9.17) is 15.6 Å². The zero-order chi connectivity index (χ0) is 20.4. The highest BCUT2D eigenvalue weighted by Crippen LogP contribution is 2.33. The standard InChI is InChI=1S/C20H20N6O2S/c1-12-7-8-13(9-15(12)22-18(27)10-21)16-11-29-20-24-23-19(26(20)25-16)14-5-3-4-6-17(14)28-2/h3-9H,10-11,21H2,1-2H3,(H,22,27). The Labute approximate surface area is 172 Å². The Morgan fingerprint density at radius 1 is 1.28 bits per heavy atom. The maximum atomic E-state index is 11.7. The third-order valence-corrected chi connectivity index (χ3v) is 5.48. The zero-order valence-corrected chi connectivity index (χ0v) is 16.9. The number of amides is 1. The van der Waals surface area contributed by atoms with Crippen LogP contribution in [-0.2, 0) is 4.79 Å². The van der Waals surface area contributed by atoms with Crippen LogP contribution < -0.4 is 15.8 Å². The monoisotopic (exact) mass is 408 g/mol. The molecule has 1 amide bonds. The molecule has 0 unspecified atom stereocenters. The van der Waals surface area contributed by atoms with Gasteiger partial charge in [-0.15, -0.1) is 10.2 Å². The lowest BCUT2D eigenvalue weighted by Crippen LogP contribution is -2.22. The first-order valence-corrected chi connectivity index (χ1v) is 9.99. The van der Waals surface area contributed by atoms with Gasteiger partial charge in [0, 0.05) is 17.0 Å². The minimum atomic E-state index is -0.232. The number of aryl methyl sites for hydroxylation is 1. The molecular weight excluding hydrogens is 388 g/mol. The van der Waals surface area contributed by atoms with Crippen LogP contribution in [0.3, 0.4) is 0 Å². The molecule has 0 radical (unpaired) electrons. The van der Waals surface area contributed by atoms with Crippen LogP contribution in [0.25, 0.3) is 11.4 Å². The van der Waals surface area contributed by atoms with Crippen molar-refractivity contribution in [3.63, 3.8) is 0 Å². The van der Waals surface area contributed by atoms with Crippen molar-refractivity contribution in [3.8, 4) is 17.1 Å². The highest BCUT2D eigenvalue weighted by molar-refractivity contribution is 7.99. The molecule has 0 saturated carbocycles. The first kappa shape index (κ1) is 19.2. The van der Waals surface area contributed by atoms with E-state index in [2.05, 4.69) is 15.5 Å². The van der Waals surface area contributed by atoms with E-state index in [9.17, 15) is 4.79 Å². The average molecular weight is 408 g/mol. The minimum absolute atomic E-state index is 0.0627. The first-order valence-electron chi connectivity index (χ1n) is 9.01. The number of nitrogens with one attached hydrogen (secondary N) is 1. The third-order valence-electron chi connectivity index (χ3n) is 4.55. The van der Waals surface area contributed by atoms with E-state index in [1.807, 2.05) is 49.4 Å². The maximum Gasteiger partial charge on any atom is 0.238 e. The van der Waals surface area contributed by atoms with Crippen LogP contribution in [0.1, 0.15) is 11.1 Å². The summed E-state index contributed by atoms with van der Waals surface area (Å²) >= 11 is 1.56. The Morgan fingerprint density at radius 3 is 2.90 bits per heavy atom. The summed E-state index contributed by atoms with van der Waals surface area (Å²) in [5, 5.41) is 16.9. The number of anilines is 1. The summed E-state index contributed by atoms with van der Waals surface area (Å²) < 4.78 is 7.20. The second-order valence-corrected chi connectivity index (χ2v) is 7.38. The van der Waals surface area contributed by atoms with Gasteiger partial charge in [0.2, 0.25) is 11.1 Å². The first-order chi connectivity index (χ1) is 14.1. The van der Waals surface area contributed by atoms with Gasteiger partial charge in [-0.2, -0.15) is 9.78 Å². The molecule has 148 valence electrons. The molecule has 2 heterocycles. The van der Waals surface area contributed by atoms with Gasteiger partial charge in [0.05, 0.1) is 24.9 Å². The number of methoxy groups -OCH3 is 1. The number of nitrogens with two attached hydrogens (primary N) is 1. The highest BCUT2D eigenvalue weighted by atomic mass is 32.2. The zero-order valence-electron chi connectivity index (χ0n) is 16.0. The average Bonchev–Trinajstić information content (AvgIpc) is 3.18. The molecule has 0 fully saturated rings. The number of rotatable bonds is 5. The lowest BCUT2D eigenvalue weighted by atomic mass is 10.1. The Hall–Kier alpha value is -3.17. The smallest absolute Gasteiger partial charge is 0.238 e. The summed E-state index contributed by atoms with van der Waals surface area (Å²) in [6.45, 7) is 1.87. The highest BCUT2D eigenvalue weighted by Gasteiger charge is 2.22. The normalized spacial score (nSPS) is 12.9. The van der Waals surface area contributed by atoms with Crippen molar-refractivity contribution in [1.82, 2.24) is 14.9 Å². The third kappa shape index (κ3) is 3.74. The van der Waals surface area contributed by atoms with E-state index in [1.165, 1.54) is 0 Å². The Bertz CT molecular complexity index is 1110. The van der Waals surface area contributed by atoms with E-state index in [1.54, 1.807) is 23.5 Å². The van der Waals surface area contributed by atoms with Crippen molar-refractivity contribution < 1.29 is 9.53 Å². The fourth-order valence-corrected chi connectivity index (χ4v) is 3.84. The number of para-hydroxylation sites is 1. The van der Waals surface area contributed by atoms with Gasteiger partial charge in [-0.1, -0.05) is 36.0 Å². The summed E-state index contributed by atoms with van der Waals surface area (Å²) in [6, 6.07) is 13.5. The molecule has 29 heavy (non-hydrogen) atoms. The van der Waals surface area contributed by atoms with Crippen LogP contribution in [-0.4, -0.2) is 45.9 Å². The molecule has 3 aromatic rings. The molecule has 1 aromatic heterocycles. The molecular formula is C20H20N6O2S. The second-order valence-electron chi connectivity index (χ2n) is 6.44. The van der Waals surface area contributed by atoms with Crippen LogP contribution in [0.4, 0.5) is 5.69 Å². The van der Waals surface area contributed by atoms with E-state index in [-0.39, 0.29) is 12.5 Å². The number of ether oxygens (including phenoxy) is 1. The molecule has 0 bridgehead atoms. The van der Waals surface area contributed by atoms with Crippen molar-refractivity contribution in [2.45, 2.75) is 12.1 Å². The van der Waals surface area contributed by atoms with Gasteiger partial charge in [-0.3, -0.25) is 4.79 Å². The van der Waals surface area contributed by atoms with Gasteiger partial charge in [-0.25, -0.2) is 0 Å². The molecule has 0 aliphatic carbocycles. The molecule has 0 spiro atoms. The van der Waals surface area contributed by atoms with E-state index < -0.39 is 0 Å². The molecule has 3 N–H and O–H groups in total. The van der Waals surface area contributed by atoms with Crippen LogP contribution in [0.2, 0.25) is 0 Å². The predicted molar refractivity (Wildman–Crippen MR) is 114 cm³/mol.